The van der Waals surface area contributed by atoms with Crippen LogP contribution in [0, 0.1) is 6.92 Å². The summed E-state index contributed by atoms with van der Waals surface area (Å²) < 4.78 is 6.04. The quantitative estimate of drug-likeness (QED) is 0.715. The van der Waals surface area contributed by atoms with E-state index in [4.69, 9.17) is 4.74 Å². The molecule has 0 unspecified atom stereocenters. The van der Waals surface area contributed by atoms with Gasteiger partial charge in [-0.25, -0.2) is 0 Å². The second-order valence-electron chi connectivity index (χ2n) is 7.44. The normalized spacial score (nSPS) is 12.4. The number of carbonyl (C=O) groups is 1. The topological polar surface area (TPSA) is 41.6 Å². The molecule has 1 atom stereocenters. The second kappa shape index (κ2) is 10.1. The van der Waals surface area contributed by atoms with E-state index in [2.05, 4.69) is 37.9 Å². The number of hydrogen-bond acceptors (Lipinski definition) is 3. The molecule has 0 saturated heterocycles. The van der Waals surface area contributed by atoms with Crippen LogP contribution in [0.1, 0.15) is 44.9 Å². The number of rotatable bonds is 9. The zero-order valence-electron chi connectivity index (χ0n) is 17.1. The van der Waals surface area contributed by atoms with Crippen LogP contribution >= 0.6 is 0 Å². The fourth-order valence-electron chi connectivity index (χ4n) is 3.17. The summed E-state index contributed by atoms with van der Waals surface area (Å²) in [6.07, 6.45) is -0.666. The number of nitrogens with zero attached hydrogens (tertiary/aromatic N) is 1. The van der Waals surface area contributed by atoms with Crippen LogP contribution in [-0.4, -0.2) is 36.0 Å². The van der Waals surface area contributed by atoms with Gasteiger partial charge < -0.3 is 10.1 Å². The van der Waals surface area contributed by atoms with Crippen LogP contribution in [0.25, 0.3) is 0 Å². The fraction of sp³-hybridized carbons (Fsp3) is 0.435. The molecule has 0 spiro atoms. The van der Waals surface area contributed by atoms with Crippen molar-refractivity contribution in [1.29, 1.82) is 0 Å². The van der Waals surface area contributed by atoms with Crippen LogP contribution in [0.4, 0.5) is 0 Å². The summed E-state index contributed by atoms with van der Waals surface area (Å²) >= 11 is 0. The predicted molar refractivity (Wildman–Crippen MR) is 111 cm³/mol. The molecule has 0 aromatic heterocycles. The fourth-order valence-corrected chi connectivity index (χ4v) is 3.17. The first kappa shape index (κ1) is 21.0. The molecule has 0 aliphatic rings. The summed E-state index contributed by atoms with van der Waals surface area (Å²) in [7, 11) is 0. The smallest absolute Gasteiger partial charge is 0.265 e. The van der Waals surface area contributed by atoms with Crippen molar-refractivity contribution < 1.29 is 9.53 Å². The third kappa shape index (κ3) is 6.40. The molecule has 4 nitrogen and oxygen atoms in total. The van der Waals surface area contributed by atoms with E-state index < -0.39 is 6.10 Å². The zero-order valence-corrected chi connectivity index (χ0v) is 17.1. The summed E-state index contributed by atoms with van der Waals surface area (Å²) in [5, 5.41) is 3.05. The lowest BCUT2D eigenvalue weighted by Gasteiger charge is -2.30. The van der Waals surface area contributed by atoms with Gasteiger partial charge >= 0.3 is 0 Å². The Kier molecular flexibility index (Phi) is 7.86. The van der Waals surface area contributed by atoms with Crippen LogP contribution in [0.2, 0.25) is 0 Å². The van der Waals surface area contributed by atoms with Crippen LogP contribution in [0.3, 0.4) is 0 Å². The van der Waals surface area contributed by atoms with Gasteiger partial charge in [0, 0.05) is 30.7 Å². The van der Waals surface area contributed by atoms with Gasteiger partial charge in [-0.05, 0) is 46.8 Å². The number of ether oxygens (including phenoxy) is 1. The predicted octanol–water partition coefficient (Wildman–Crippen LogP) is 4.35. The molecular weight excluding hydrogens is 336 g/mol. The summed E-state index contributed by atoms with van der Waals surface area (Å²) in [5.41, 5.74) is 2.01. The zero-order chi connectivity index (χ0) is 19.8. The summed E-state index contributed by atoms with van der Waals surface area (Å²) in [4.78, 5) is 15.2. The maximum atomic E-state index is 12.9. The van der Waals surface area contributed by atoms with Gasteiger partial charge in [0.05, 0.1) is 0 Å². The summed E-state index contributed by atoms with van der Waals surface area (Å²) in [6, 6.07) is 18.3. The number of aryl methyl sites for hydroxylation is 1. The highest BCUT2D eigenvalue weighted by Gasteiger charge is 2.23. The average Bonchev–Trinajstić information content (AvgIpc) is 2.64. The number of nitrogens with one attached hydrogen (secondary N) is 1. The molecule has 0 heterocycles. The van der Waals surface area contributed by atoms with E-state index in [1.54, 1.807) is 0 Å². The van der Waals surface area contributed by atoms with Gasteiger partial charge in [0.2, 0.25) is 6.10 Å². The molecule has 0 radical (unpaired) electrons. The van der Waals surface area contributed by atoms with Crippen molar-refractivity contribution in [1.82, 2.24) is 10.2 Å². The SMILES string of the molecule is Cc1ccc(O[C@H](C(=O)NCCN(C(C)C)C(C)C)c2ccccc2)cc1. The van der Waals surface area contributed by atoms with Crippen molar-refractivity contribution in [2.75, 3.05) is 13.1 Å². The molecule has 0 bridgehead atoms. The van der Waals surface area contributed by atoms with Crippen LogP contribution in [-0.2, 0) is 4.79 Å². The van der Waals surface area contributed by atoms with Gasteiger partial charge in [-0.2, -0.15) is 0 Å². The minimum atomic E-state index is -0.666. The van der Waals surface area contributed by atoms with Gasteiger partial charge in [-0.15, -0.1) is 0 Å². The molecule has 1 N–H and O–H groups in total. The van der Waals surface area contributed by atoms with E-state index in [1.807, 2.05) is 61.5 Å². The lowest BCUT2D eigenvalue weighted by molar-refractivity contribution is -0.128. The maximum Gasteiger partial charge on any atom is 0.265 e. The van der Waals surface area contributed by atoms with E-state index in [0.29, 0.717) is 24.4 Å². The van der Waals surface area contributed by atoms with Crippen LogP contribution < -0.4 is 10.1 Å². The molecule has 4 heteroatoms. The Morgan fingerprint density at radius 2 is 1.56 bits per heavy atom. The molecule has 0 aliphatic carbocycles. The van der Waals surface area contributed by atoms with E-state index in [-0.39, 0.29) is 5.91 Å². The molecule has 2 aromatic carbocycles. The van der Waals surface area contributed by atoms with Crippen molar-refractivity contribution in [2.24, 2.45) is 0 Å². The minimum Gasteiger partial charge on any atom is -0.476 e. The highest BCUT2D eigenvalue weighted by molar-refractivity contribution is 5.82. The Bertz CT molecular complexity index is 688. The largest absolute Gasteiger partial charge is 0.476 e. The molecule has 2 rings (SSSR count). The monoisotopic (exact) mass is 368 g/mol. The van der Waals surface area contributed by atoms with Gasteiger partial charge in [-0.3, -0.25) is 9.69 Å². The molecule has 0 fully saturated rings. The number of hydrogen-bond donors (Lipinski definition) is 1. The van der Waals surface area contributed by atoms with Crippen molar-refractivity contribution in [2.45, 2.75) is 52.8 Å². The van der Waals surface area contributed by atoms with E-state index in [1.165, 1.54) is 0 Å². The third-order valence-corrected chi connectivity index (χ3v) is 4.61. The first-order valence-corrected chi connectivity index (χ1v) is 9.70. The Balaban J connectivity index is 2.06. The molecule has 0 saturated carbocycles. The molecule has 0 aliphatic heterocycles. The second-order valence-corrected chi connectivity index (χ2v) is 7.44. The maximum absolute atomic E-state index is 12.9. The van der Waals surface area contributed by atoms with Crippen LogP contribution in [0.5, 0.6) is 5.75 Å². The number of amides is 1. The molecular formula is C23H32N2O2. The molecule has 146 valence electrons. The van der Waals surface area contributed by atoms with Crippen LogP contribution in [0.15, 0.2) is 54.6 Å². The Morgan fingerprint density at radius 3 is 2.11 bits per heavy atom. The minimum absolute atomic E-state index is 0.116. The van der Waals surface area contributed by atoms with E-state index in [0.717, 1.165) is 17.7 Å². The highest BCUT2D eigenvalue weighted by atomic mass is 16.5. The van der Waals surface area contributed by atoms with Crippen molar-refractivity contribution in [3.8, 4) is 5.75 Å². The van der Waals surface area contributed by atoms with Gasteiger partial charge in [-0.1, -0.05) is 48.0 Å². The van der Waals surface area contributed by atoms with E-state index >= 15 is 0 Å². The van der Waals surface area contributed by atoms with Gasteiger partial charge in [0.1, 0.15) is 5.75 Å². The molecule has 1 amide bonds. The first-order valence-electron chi connectivity index (χ1n) is 9.70. The summed E-state index contributed by atoms with van der Waals surface area (Å²) in [5.74, 6) is 0.574. The number of benzene rings is 2. The van der Waals surface area contributed by atoms with E-state index in [9.17, 15) is 4.79 Å². The Labute approximate surface area is 163 Å². The summed E-state index contributed by atoms with van der Waals surface area (Å²) in [6.45, 7) is 12.1. The van der Waals surface area contributed by atoms with Gasteiger partial charge in [0.25, 0.3) is 5.91 Å². The standard InChI is InChI=1S/C23H32N2O2/c1-17(2)25(18(3)4)16-15-24-23(26)22(20-9-7-6-8-10-20)27-21-13-11-19(5)12-14-21/h6-14,17-18,22H,15-16H2,1-5H3,(H,24,26)/t22-/m0/s1. The lowest BCUT2D eigenvalue weighted by Crippen LogP contribution is -2.43. The molecule has 2 aromatic rings. The highest BCUT2D eigenvalue weighted by Crippen LogP contribution is 2.22. The average molecular weight is 369 g/mol. The van der Waals surface area contributed by atoms with Crippen molar-refractivity contribution in [3.63, 3.8) is 0 Å². The third-order valence-electron chi connectivity index (χ3n) is 4.61. The first-order chi connectivity index (χ1) is 12.9. The van der Waals surface area contributed by atoms with Crippen molar-refractivity contribution >= 4 is 5.91 Å². The van der Waals surface area contributed by atoms with Gasteiger partial charge in [0.15, 0.2) is 0 Å². The van der Waals surface area contributed by atoms with Crippen molar-refractivity contribution in [3.05, 3.63) is 65.7 Å². The Hall–Kier alpha value is -2.33. The Morgan fingerprint density at radius 1 is 0.963 bits per heavy atom. The lowest BCUT2D eigenvalue weighted by atomic mass is 10.1. The number of carbonyl (C=O) groups excluding carboxylic acids is 1. The molecule has 27 heavy (non-hydrogen) atoms.